The summed E-state index contributed by atoms with van der Waals surface area (Å²) in [6.07, 6.45) is 2.21. The van der Waals surface area contributed by atoms with Gasteiger partial charge < -0.3 is 14.6 Å². The molecule has 1 aliphatic heterocycles. The van der Waals surface area contributed by atoms with Gasteiger partial charge in [0.05, 0.1) is 0 Å². The van der Waals surface area contributed by atoms with Gasteiger partial charge in [-0.15, -0.1) is 0 Å². The molecule has 0 fully saturated rings. The average Bonchev–Trinajstić information content (AvgIpc) is 2.74. The van der Waals surface area contributed by atoms with E-state index >= 15 is 0 Å². The second kappa shape index (κ2) is 4.77. The third kappa shape index (κ3) is 2.54. The molecule has 0 saturated heterocycles. The summed E-state index contributed by atoms with van der Waals surface area (Å²) in [5.41, 5.74) is 0.650. The molecule has 0 amide bonds. The summed E-state index contributed by atoms with van der Waals surface area (Å²) in [6.45, 7) is 4.01. The molecule has 3 rings (SSSR count). The van der Waals surface area contributed by atoms with Crippen LogP contribution in [0.15, 0.2) is 36.5 Å². The van der Waals surface area contributed by atoms with E-state index in [2.05, 4.69) is 4.98 Å². The third-order valence-electron chi connectivity index (χ3n) is 3.25. The molecule has 1 aliphatic rings. The minimum Gasteiger partial charge on any atom is -0.483 e. The summed E-state index contributed by atoms with van der Waals surface area (Å²) in [4.78, 5) is 15.0. The zero-order valence-electron chi connectivity index (χ0n) is 11.8. The van der Waals surface area contributed by atoms with Crippen molar-refractivity contribution in [3.05, 3.63) is 47.8 Å². The number of hydrogen-bond donors (Lipinski definition) is 1. The van der Waals surface area contributed by atoms with Crippen LogP contribution in [0, 0.1) is 0 Å². The number of aromatic nitrogens is 1. The van der Waals surface area contributed by atoms with E-state index in [9.17, 15) is 4.79 Å². The molecular weight excluding hydrogens is 270 g/mol. The van der Waals surface area contributed by atoms with Gasteiger partial charge in [-0.1, -0.05) is 12.1 Å². The molecule has 0 unspecified atom stereocenters. The van der Waals surface area contributed by atoms with Crippen LogP contribution in [0.4, 0.5) is 0 Å². The number of carbonyl (C=O) groups is 1. The lowest BCUT2D eigenvalue weighted by Gasteiger charge is -2.18. The van der Waals surface area contributed by atoms with E-state index in [-0.39, 0.29) is 17.0 Å². The Labute approximate surface area is 122 Å². The van der Waals surface area contributed by atoms with Gasteiger partial charge in [0.15, 0.2) is 22.9 Å². The number of fused-ring (bicyclic) bond motifs is 1. The molecule has 1 aromatic carbocycles. The summed E-state index contributed by atoms with van der Waals surface area (Å²) in [5, 5.41) is 9.15. The molecule has 5 heteroatoms. The van der Waals surface area contributed by atoms with Gasteiger partial charge in [0, 0.05) is 18.2 Å². The van der Waals surface area contributed by atoms with Crippen molar-refractivity contribution < 1.29 is 19.4 Å². The number of para-hydroxylation sites is 1. The minimum atomic E-state index is -1.13. The molecule has 1 N–H and O–H groups in total. The van der Waals surface area contributed by atoms with Gasteiger partial charge in [-0.25, -0.2) is 9.78 Å². The van der Waals surface area contributed by atoms with Gasteiger partial charge in [-0.05, 0) is 32.0 Å². The molecule has 0 atom stereocenters. The average molecular weight is 285 g/mol. The summed E-state index contributed by atoms with van der Waals surface area (Å²) >= 11 is 0. The van der Waals surface area contributed by atoms with Gasteiger partial charge in [0.25, 0.3) is 0 Å². The molecular formula is C16H15NO4. The fraction of sp³-hybridized carbons (Fsp3) is 0.250. The smallest absolute Gasteiger partial charge is 0.358 e. The second-order valence-electron chi connectivity index (χ2n) is 5.54. The van der Waals surface area contributed by atoms with E-state index in [1.807, 2.05) is 26.0 Å². The minimum absolute atomic E-state index is 0.118. The number of aromatic carboxylic acids is 1. The molecule has 0 saturated carbocycles. The first kappa shape index (κ1) is 13.4. The fourth-order valence-corrected chi connectivity index (χ4v) is 2.42. The molecule has 5 nitrogen and oxygen atoms in total. The van der Waals surface area contributed by atoms with Crippen molar-refractivity contribution in [3.8, 4) is 17.2 Å². The lowest BCUT2D eigenvalue weighted by molar-refractivity contribution is 0.0687. The first-order valence-corrected chi connectivity index (χ1v) is 6.63. The maximum atomic E-state index is 11.2. The Morgan fingerprint density at radius 1 is 1.29 bits per heavy atom. The number of ether oxygens (including phenoxy) is 2. The highest BCUT2D eigenvalue weighted by Crippen LogP contribution is 2.43. The number of benzene rings is 1. The second-order valence-corrected chi connectivity index (χ2v) is 5.54. The molecule has 0 radical (unpaired) electrons. The van der Waals surface area contributed by atoms with E-state index in [0.717, 1.165) is 12.0 Å². The highest BCUT2D eigenvalue weighted by Gasteiger charge is 2.32. The van der Waals surface area contributed by atoms with Crippen molar-refractivity contribution in [3.63, 3.8) is 0 Å². The van der Waals surface area contributed by atoms with Crippen molar-refractivity contribution in [1.82, 2.24) is 4.98 Å². The van der Waals surface area contributed by atoms with Crippen LogP contribution < -0.4 is 9.47 Å². The Hall–Kier alpha value is -2.56. The quantitative estimate of drug-likeness (QED) is 0.937. The van der Waals surface area contributed by atoms with Crippen LogP contribution in [-0.4, -0.2) is 21.7 Å². The highest BCUT2D eigenvalue weighted by atomic mass is 16.5. The van der Waals surface area contributed by atoms with Crippen molar-refractivity contribution in [2.45, 2.75) is 25.9 Å². The molecule has 0 bridgehead atoms. The molecule has 0 spiro atoms. The van der Waals surface area contributed by atoms with E-state index < -0.39 is 5.97 Å². The number of carboxylic acid groups (broad SMARTS) is 1. The van der Waals surface area contributed by atoms with Crippen molar-refractivity contribution in [2.75, 3.05) is 0 Å². The lowest BCUT2D eigenvalue weighted by atomic mass is 10.0. The third-order valence-corrected chi connectivity index (χ3v) is 3.25. The van der Waals surface area contributed by atoms with Crippen molar-refractivity contribution in [2.24, 2.45) is 0 Å². The Morgan fingerprint density at radius 2 is 2.05 bits per heavy atom. The van der Waals surface area contributed by atoms with Gasteiger partial charge in [0.1, 0.15) is 5.60 Å². The van der Waals surface area contributed by atoms with Crippen LogP contribution in [0.5, 0.6) is 17.2 Å². The van der Waals surface area contributed by atoms with E-state index in [0.29, 0.717) is 11.5 Å². The normalized spacial score (nSPS) is 15.1. The highest BCUT2D eigenvalue weighted by molar-refractivity contribution is 5.88. The number of rotatable bonds is 3. The Balaban J connectivity index is 1.98. The SMILES string of the molecule is CC1(C)Cc2cccc(Oc3cccnc3C(=O)O)c2O1. The van der Waals surface area contributed by atoms with Crippen LogP contribution >= 0.6 is 0 Å². The lowest BCUT2D eigenvalue weighted by Crippen LogP contribution is -2.24. The molecule has 21 heavy (non-hydrogen) atoms. The van der Waals surface area contributed by atoms with Crippen LogP contribution in [0.1, 0.15) is 29.9 Å². The predicted molar refractivity (Wildman–Crippen MR) is 76.1 cm³/mol. The molecule has 0 aliphatic carbocycles. The van der Waals surface area contributed by atoms with Crippen LogP contribution in [-0.2, 0) is 6.42 Å². The fourth-order valence-electron chi connectivity index (χ4n) is 2.42. The Morgan fingerprint density at radius 3 is 2.81 bits per heavy atom. The molecule has 1 aromatic heterocycles. The van der Waals surface area contributed by atoms with Gasteiger partial charge >= 0.3 is 5.97 Å². The van der Waals surface area contributed by atoms with E-state index in [1.165, 1.54) is 6.20 Å². The molecule has 2 aromatic rings. The number of nitrogens with zero attached hydrogens (tertiary/aromatic N) is 1. The van der Waals surface area contributed by atoms with E-state index in [4.69, 9.17) is 14.6 Å². The summed E-state index contributed by atoms with van der Waals surface area (Å²) in [6, 6.07) is 8.83. The summed E-state index contributed by atoms with van der Waals surface area (Å²) in [7, 11) is 0. The van der Waals surface area contributed by atoms with Gasteiger partial charge in [-0.2, -0.15) is 0 Å². The van der Waals surface area contributed by atoms with Crippen molar-refractivity contribution in [1.29, 1.82) is 0 Å². The first-order chi connectivity index (χ1) is 9.96. The molecule has 108 valence electrons. The first-order valence-electron chi connectivity index (χ1n) is 6.63. The maximum absolute atomic E-state index is 11.2. The van der Waals surface area contributed by atoms with Crippen molar-refractivity contribution >= 4 is 5.97 Å². The monoisotopic (exact) mass is 285 g/mol. The summed E-state index contributed by atoms with van der Waals surface area (Å²) < 4.78 is 11.6. The van der Waals surface area contributed by atoms with Gasteiger partial charge in [0.2, 0.25) is 0 Å². The van der Waals surface area contributed by atoms with Crippen LogP contribution in [0.3, 0.4) is 0 Å². The topological polar surface area (TPSA) is 68.7 Å². The zero-order valence-corrected chi connectivity index (χ0v) is 11.8. The zero-order chi connectivity index (χ0) is 15.0. The summed E-state index contributed by atoms with van der Waals surface area (Å²) in [5.74, 6) is 0.252. The predicted octanol–water partition coefficient (Wildman–Crippen LogP) is 3.29. The number of carboxylic acids is 1. The van der Waals surface area contributed by atoms with E-state index in [1.54, 1.807) is 18.2 Å². The van der Waals surface area contributed by atoms with Crippen LogP contribution in [0.2, 0.25) is 0 Å². The number of hydrogen-bond acceptors (Lipinski definition) is 4. The Bertz CT molecular complexity index is 709. The number of pyridine rings is 1. The van der Waals surface area contributed by atoms with Gasteiger partial charge in [-0.3, -0.25) is 0 Å². The Kier molecular flexibility index (Phi) is 3.05. The standard InChI is InChI=1S/C16H15NO4/c1-16(2)9-10-5-3-6-12(14(10)21-16)20-11-7-4-8-17-13(11)15(18)19/h3-8H,9H2,1-2H3,(H,18,19). The van der Waals surface area contributed by atoms with Crippen LogP contribution in [0.25, 0.3) is 0 Å². The maximum Gasteiger partial charge on any atom is 0.358 e. The largest absolute Gasteiger partial charge is 0.483 e. The molecule has 2 heterocycles.